The highest BCUT2D eigenvalue weighted by atomic mass is 79.9. The van der Waals surface area contributed by atoms with Gasteiger partial charge in [-0.1, -0.05) is 22.0 Å². The smallest absolute Gasteiger partial charge is 0.339 e. The lowest BCUT2D eigenvalue weighted by Gasteiger charge is -2.06. The fourth-order valence-electron chi connectivity index (χ4n) is 1.57. The number of hydrogen-bond acceptors (Lipinski definition) is 2. The van der Waals surface area contributed by atoms with E-state index in [0.717, 1.165) is 10.0 Å². The van der Waals surface area contributed by atoms with Crippen LogP contribution in [0.25, 0.3) is 0 Å². The van der Waals surface area contributed by atoms with Gasteiger partial charge in [0.15, 0.2) is 0 Å². The first kappa shape index (κ1) is 9.46. The summed E-state index contributed by atoms with van der Waals surface area (Å²) in [4.78, 5) is 11.4. The zero-order valence-corrected chi connectivity index (χ0v) is 9.08. The van der Waals surface area contributed by atoms with Crippen LogP contribution in [0, 0.1) is 0 Å². The Bertz CT molecular complexity index is 398. The number of ether oxygens (including phenoxy) is 1. The third-order valence-corrected chi connectivity index (χ3v) is 2.70. The first-order valence-electron chi connectivity index (χ1n) is 4.33. The summed E-state index contributed by atoms with van der Waals surface area (Å²) >= 11 is 3.37. The van der Waals surface area contributed by atoms with E-state index in [4.69, 9.17) is 4.74 Å². The van der Waals surface area contributed by atoms with E-state index in [0.29, 0.717) is 12.0 Å². The Kier molecular flexibility index (Phi) is 2.42. The van der Waals surface area contributed by atoms with Gasteiger partial charge in [-0.25, -0.2) is 4.79 Å². The van der Waals surface area contributed by atoms with Crippen LogP contribution >= 0.6 is 15.9 Å². The topological polar surface area (TPSA) is 26.3 Å². The molecule has 1 aromatic carbocycles. The largest absolute Gasteiger partial charge is 0.454 e. The number of benzene rings is 1. The summed E-state index contributed by atoms with van der Waals surface area (Å²) in [5, 5.41) is 0. The van der Waals surface area contributed by atoms with Crippen LogP contribution in [0.1, 0.15) is 28.4 Å². The van der Waals surface area contributed by atoms with Gasteiger partial charge in [-0.15, -0.1) is 6.58 Å². The van der Waals surface area contributed by atoms with E-state index in [1.54, 1.807) is 12.1 Å². The molecule has 0 saturated heterocycles. The summed E-state index contributed by atoms with van der Waals surface area (Å²) in [6.07, 6.45) is 2.26. The Morgan fingerprint density at radius 2 is 2.36 bits per heavy atom. The molecule has 0 saturated carbocycles. The van der Waals surface area contributed by atoms with Gasteiger partial charge < -0.3 is 4.74 Å². The average Bonchev–Trinajstić information content (AvgIpc) is 2.44. The molecule has 0 spiro atoms. The summed E-state index contributed by atoms with van der Waals surface area (Å²) in [5.74, 6) is -0.237. The van der Waals surface area contributed by atoms with Crippen molar-refractivity contribution in [3.63, 3.8) is 0 Å². The standard InChI is InChI=1S/C11H9BrO2/c1-2-3-10-9-6-7(12)4-5-8(9)11(13)14-10/h2,4-6,10H,1,3H2/t10-/m1/s1. The van der Waals surface area contributed by atoms with Crippen LogP contribution in [0.2, 0.25) is 0 Å². The zero-order valence-electron chi connectivity index (χ0n) is 7.50. The van der Waals surface area contributed by atoms with Crippen LogP contribution in [0.4, 0.5) is 0 Å². The normalized spacial score (nSPS) is 18.9. The lowest BCUT2D eigenvalue weighted by molar-refractivity contribution is 0.0392. The third kappa shape index (κ3) is 1.48. The predicted octanol–water partition coefficient (Wildman–Crippen LogP) is 3.24. The number of rotatable bonds is 2. The maximum absolute atomic E-state index is 11.4. The van der Waals surface area contributed by atoms with Crippen LogP contribution in [-0.4, -0.2) is 5.97 Å². The van der Waals surface area contributed by atoms with Crippen molar-refractivity contribution in [2.45, 2.75) is 12.5 Å². The van der Waals surface area contributed by atoms with Gasteiger partial charge in [0.1, 0.15) is 6.10 Å². The molecule has 1 heterocycles. The van der Waals surface area contributed by atoms with Crippen LogP contribution in [0.5, 0.6) is 0 Å². The predicted molar refractivity (Wildman–Crippen MR) is 57.1 cm³/mol. The molecule has 0 radical (unpaired) electrons. The molecule has 0 amide bonds. The first-order chi connectivity index (χ1) is 6.72. The highest BCUT2D eigenvalue weighted by Crippen LogP contribution is 2.34. The molecule has 0 bridgehead atoms. The van der Waals surface area contributed by atoms with Crippen molar-refractivity contribution in [2.75, 3.05) is 0 Å². The highest BCUT2D eigenvalue weighted by molar-refractivity contribution is 9.10. The van der Waals surface area contributed by atoms with E-state index in [1.165, 1.54) is 0 Å². The second-order valence-corrected chi connectivity index (χ2v) is 4.07. The van der Waals surface area contributed by atoms with Gasteiger partial charge >= 0.3 is 5.97 Å². The first-order valence-corrected chi connectivity index (χ1v) is 5.13. The fraction of sp³-hybridized carbons (Fsp3) is 0.182. The molecule has 0 fully saturated rings. The van der Waals surface area contributed by atoms with E-state index < -0.39 is 0 Å². The van der Waals surface area contributed by atoms with Crippen molar-refractivity contribution in [3.8, 4) is 0 Å². The molecule has 1 atom stereocenters. The van der Waals surface area contributed by atoms with Crippen molar-refractivity contribution in [2.24, 2.45) is 0 Å². The molecule has 0 aliphatic carbocycles. The average molecular weight is 253 g/mol. The van der Waals surface area contributed by atoms with E-state index in [-0.39, 0.29) is 12.1 Å². The van der Waals surface area contributed by atoms with Crippen molar-refractivity contribution >= 4 is 21.9 Å². The van der Waals surface area contributed by atoms with E-state index in [1.807, 2.05) is 12.1 Å². The molecule has 0 unspecified atom stereocenters. The van der Waals surface area contributed by atoms with E-state index in [2.05, 4.69) is 22.5 Å². The Labute approximate surface area is 90.7 Å². The SMILES string of the molecule is C=CC[C@H]1OC(=O)c2ccc(Br)cc21. The molecule has 1 aliphatic rings. The summed E-state index contributed by atoms with van der Waals surface area (Å²) in [5.41, 5.74) is 1.62. The summed E-state index contributed by atoms with van der Waals surface area (Å²) in [7, 11) is 0. The number of esters is 1. The number of fused-ring (bicyclic) bond motifs is 1. The van der Waals surface area contributed by atoms with Crippen LogP contribution < -0.4 is 0 Å². The zero-order chi connectivity index (χ0) is 10.1. The van der Waals surface area contributed by atoms with Crippen molar-refractivity contribution in [1.82, 2.24) is 0 Å². The lowest BCUT2D eigenvalue weighted by Crippen LogP contribution is -1.96. The molecular formula is C11H9BrO2. The van der Waals surface area contributed by atoms with Gasteiger partial charge in [-0.2, -0.15) is 0 Å². The Hall–Kier alpha value is -1.09. The molecule has 0 N–H and O–H groups in total. The third-order valence-electron chi connectivity index (χ3n) is 2.21. The van der Waals surface area contributed by atoms with Crippen LogP contribution in [0.3, 0.4) is 0 Å². The lowest BCUT2D eigenvalue weighted by atomic mass is 10.0. The van der Waals surface area contributed by atoms with E-state index >= 15 is 0 Å². The molecule has 14 heavy (non-hydrogen) atoms. The van der Waals surface area contributed by atoms with Gasteiger partial charge in [0.25, 0.3) is 0 Å². The van der Waals surface area contributed by atoms with Gasteiger partial charge in [0.05, 0.1) is 5.56 Å². The quantitative estimate of drug-likeness (QED) is 0.597. The number of hydrogen-bond donors (Lipinski definition) is 0. The Morgan fingerprint density at radius 3 is 3.07 bits per heavy atom. The van der Waals surface area contributed by atoms with Crippen molar-refractivity contribution in [1.29, 1.82) is 0 Å². The summed E-state index contributed by atoms with van der Waals surface area (Å²) in [6.45, 7) is 3.64. The van der Waals surface area contributed by atoms with Crippen LogP contribution in [0.15, 0.2) is 35.3 Å². The van der Waals surface area contributed by atoms with Gasteiger partial charge in [-0.3, -0.25) is 0 Å². The maximum Gasteiger partial charge on any atom is 0.339 e. The highest BCUT2D eigenvalue weighted by Gasteiger charge is 2.29. The van der Waals surface area contributed by atoms with Gasteiger partial charge in [-0.05, 0) is 18.2 Å². The van der Waals surface area contributed by atoms with Crippen molar-refractivity contribution < 1.29 is 9.53 Å². The fourth-order valence-corrected chi connectivity index (χ4v) is 1.95. The molecule has 3 heteroatoms. The number of carbonyl (C=O) groups is 1. The molecule has 1 aliphatic heterocycles. The van der Waals surface area contributed by atoms with Gasteiger partial charge in [0.2, 0.25) is 0 Å². The molecule has 0 aromatic heterocycles. The second kappa shape index (κ2) is 3.58. The maximum atomic E-state index is 11.4. The minimum Gasteiger partial charge on any atom is -0.454 e. The molecule has 2 rings (SSSR count). The summed E-state index contributed by atoms with van der Waals surface area (Å²) in [6, 6.07) is 5.55. The van der Waals surface area contributed by atoms with Crippen LogP contribution in [-0.2, 0) is 4.74 Å². The number of cyclic esters (lactones) is 1. The van der Waals surface area contributed by atoms with Gasteiger partial charge in [0, 0.05) is 16.5 Å². The molecular weight excluding hydrogens is 244 g/mol. The molecule has 1 aromatic rings. The second-order valence-electron chi connectivity index (χ2n) is 3.15. The van der Waals surface area contributed by atoms with Crippen molar-refractivity contribution in [3.05, 3.63) is 46.5 Å². The minimum atomic E-state index is -0.237. The minimum absolute atomic E-state index is 0.160. The Morgan fingerprint density at radius 1 is 1.57 bits per heavy atom. The number of carbonyl (C=O) groups excluding carboxylic acids is 1. The Balaban J connectivity index is 2.45. The van der Waals surface area contributed by atoms with E-state index in [9.17, 15) is 4.79 Å². The molecule has 72 valence electrons. The summed E-state index contributed by atoms with van der Waals surface area (Å²) < 4.78 is 6.16. The molecule has 2 nitrogen and oxygen atoms in total. The monoisotopic (exact) mass is 252 g/mol. The number of halogens is 1.